The number of hydrogen-bond acceptors (Lipinski definition) is 1. The zero-order chi connectivity index (χ0) is 10.5. The molecule has 1 aromatic rings. The lowest BCUT2D eigenvalue weighted by Crippen LogP contribution is -2.19. The van der Waals surface area contributed by atoms with Gasteiger partial charge in [-0.15, -0.1) is 0 Å². The molecule has 0 atom stereocenters. The van der Waals surface area contributed by atoms with Crippen LogP contribution in [-0.4, -0.2) is 11.1 Å². The van der Waals surface area contributed by atoms with Crippen LogP contribution in [0.2, 0.25) is 0 Å². The van der Waals surface area contributed by atoms with E-state index in [-0.39, 0.29) is 0 Å². The molecule has 0 unspecified atom stereocenters. The van der Waals surface area contributed by atoms with Gasteiger partial charge in [-0.2, -0.15) is 0 Å². The van der Waals surface area contributed by atoms with Crippen molar-refractivity contribution in [1.82, 2.24) is 0 Å². The van der Waals surface area contributed by atoms with Gasteiger partial charge >= 0.3 is 5.97 Å². The second-order valence-electron chi connectivity index (χ2n) is 4.78. The molecule has 1 aromatic carbocycles. The molecule has 0 amide bonds. The molecule has 2 heteroatoms. The molecule has 0 bridgehead atoms. The van der Waals surface area contributed by atoms with E-state index in [0.29, 0.717) is 0 Å². The van der Waals surface area contributed by atoms with Gasteiger partial charge in [0.2, 0.25) is 0 Å². The minimum Gasteiger partial charge on any atom is -0.481 e. The third kappa shape index (κ3) is 1.36. The highest BCUT2D eigenvalue weighted by molar-refractivity contribution is 5.84. The number of benzene rings is 1. The lowest BCUT2D eigenvalue weighted by Gasteiger charge is -2.10. The normalized spacial score (nSPS) is 22.4. The van der Waals surface area contributed by atoms with Crippen molar-refractivity contribution in [2.45, 2.75) is 37.0 Å². The molecule has 3 rings (SSSR count). The lowest BCUT2D eigenvalue weighted by molar-refractivity contribution is -0.140. The Morgan fingerprint density at radius 3 is 2.20 bits per heavy atom. The van der Waals surface area contributed by atoms with E-state index < -0.39 is 11.4 Å². The molecule has 0 radical (unpaired) electrons. The van der Waals surface area contributed by atoms with Crippen LogP contribution in [0.25, 0.3) is 0 Å². The SMILES string of the molecule is O=C(O)C1(c2ccc(C3CC3)cc2)CC1. The predicted octanol–water partition coefficient (Wildman–Crippen LogP) is 2.68. The van der Waals surface area contributed by atoms with Crippen molar-refractivity contribution in [3.63, 3.8) is 0 Å². The molecule has 15 heavy (non-hydrogen) atoms. The Labute approximate surface area is 88.9 Å². The van der Waals surface area contributed by atoms with Crippen LogP contribution in [0.4, 0.5) is 0 Å². The van der Waals surface area contributed by atoms with Gasteiger partial charge in [-0.05, 0) is 42.7 Å². The van der Waals surface area contributed by atoms with Crippen molar-refractivity contribution in [3.05, 3.63) is 35.4 Å². The topological polar surface area (TPSA) is 37.3 Å². The molecule has 2 aliphatic rings. The van der Waals surface area contributed by atoms with E-state index in [1.54, 1.807) is 0 Å². The van der Waals surface area contributed by atoms with Crippen molar-refractivity contribution >= 4 is 5.97 Å². The fraction of sp³-hybridized carbons (Fsp3) is 0.462. The average molecular weight is 202 g/mol. The van der Waals surface area contributed by atoms with Gasteiger partial charge in [-0.1, -0.05) is 24.3 Å². The molecule has 78 valence electrons. The Morgan fingerprint density at radius 2 is 1.80 bits per heavy atom. The maximum atomic E-state index is 11.1. The maximum Gasteiger partial charge on any atom is 0.314 e. The Morgan fingerprint density at radius 1 is 1.20 bits per heavy atom. The van der Waals surface area contributed by atoms with Gasteiger partial charge < -0.3 is 5.11 Å². The molecule has 2 fully saturated rings. The minimum absolute atomic E-state index is 0.540. The summed E-state index contributed by atoms with van der Waals surface area (Å²) in [5.41, 5.74) is 1.82. The zero-order valence-corrected chi connectivity index (χ0v) is 8.57. The first-order chi connectivity index (χ1) is 7.22. The maximum absolute atomic E-state index is 11.1. The standard InChI is InChI=1S/C13H14O2/c14-12(15)13(7-8-13)11-5-3-10(4-6-11)9-1-2-9/h3-6,9H,1-2,7-8H2,(H,14,15). The summed E-state index contributed by atoms with van der Waals surface area (Å²) in [6.45, 7) is 0. The van der Waals surface area contributed by atoms with Crippen LogP contribution < -0.4 is 0 Å². The summed E-state index contributed by atoms with van der Waals surface area (Å²) in [4.78, 5) is 11.1. The summed E-state index contributed by atoms with van der Waals surface area (Å²) in [7, 11) is 0. The molecule has 0 aliphatic heterocycles. The van der Waals surface area contributed by atoms with Crippen LogP contribution in [0.1, 0.15) is 42.7 Å². The number of carbonyl (C=O) groups is 1. The molecule has 0 saturated heterocycles. The van der Waals surface area contributed by atoms with Crippen molar-refractivity contribution in [3.8, 4) is 0 Å². The molecule has 1 N–H and O–H groups in total. The quantitative estimate of drug-likeness (QED) is 0.818. The first-order valence-corrected chi connectivity index (χ1v) is 5.56. The molecular weight excluding hydrogens is 188 g/mol. The third-order valence-electron chi connectivity index (χ3n) is 3.67. The predicted molar refractivity (Wildman–Crippen MR) is 57.0 cm³/mol. The van der Waals surface area contributed by atoms with Crippen molar-refractivity contribution in [1.29, 1.82) is 0 Å². The van der Waals surface area contributed by atoms with E-state index in [4.69, 9.17) is 5.11 Å². The fourth-order valence-corrected chi connectivity index (χ4v) is 2.24. The highest BCUT2D eigenvalue weighted by Gasteiger charge is 2.51. The molecular formula is C13H14O2. The fourth-order valence-electron chi connectivity index (χ4n) is 2.24. The lowest BCUT2D eigenvalue weighted by atomic mass is 9.94. The van der Waals surface area contributed by atoms with Crippen molar-refractivity contribution < 1.29 is 9.90 Å². The number of carboxylic acids is 1. The van der Waals surface area contributed by atoms with Crippen LogP contribution in [0.15, 0.2) is 24.3 Å². The number of hydrogen-bond donors (Lipinski definition) is 1. The second kappa shape index (κ2) is 2.84. The largest absolute Gasteiger partial charge is 0.481 e. The van der Waals surface area contributed by atoms with Gasteiger partial charge in [0.1, 0.15) is 0 Å². The molecule has 2 nitrogen and oxygen atoms in total. The van der Waals surface area contributed by atoms with Gasteiger partial charge in [-0.3, -0.25) is 4.79 Å². The third-order valence-corrected chi connectivity index (χ3v) is 3.67. The van der Waals surface area contributed by atoms with Crippen LogP contribution in [0.5, 0.6) is 0 Å². The van der Waals surface area contributed by atoms with E-state index in [1.807, 2.05) is 12.1 Å². The molecule has 2 saturated carbocycles. The van der Waals surface area contributed by atoms with Gasteiger partial charge in [0, 0.05) is 0 Å². The highest BCUT2D eigenvalue weighted by Crippen LogP contribution is 2.49. The summed E-state index contributed by atoms with van der Waals surface area (Å²) >= 11 is 0. The Bertz CT molecular complexity index is 397. The van der Waals surface area contributed by atoms with E-state index in [2.05, 4.69) is 12.1 Å². The van der Waals surface area contributed by atoms with E-state index in [0.717, 1.165) is 24.3 Å². The van der Waals surface area contributed by atoms with Crippen molar-refractivity contribution in [2.75, 3.05) is 0 Å². The number of carboxylic acid groups (broad SMARTS) is 1. The average Bonchev–Trinajstić information content (AvgIpc) is 3.11. The second-order valence-corrected chi connectivity index (χ2v) is 4.78. The molecule has 0 heterocycles. The Balaban J connectivity index is 1.90. The van der Waals surface area contributed by atoms with Crippen LogP contribution in [-0.2, 0) is 10.2 Å². The summed E-state index contributed by atoms with van der Waals surface area (Å²) in [5.74, 6) is 0.0840. The molecule has 0 spiro atoms. The first-order valence-electron chi connectivity index (χ1n) is 5.56. The Hall–Kier alpha value is -1.31. The van der Waals surface area contributed by atoms with Crippen LogP contribution >= 0.6 is 0 Å². The summed E-state index contributed by atoms with van der Waals surface area (Å²) in [6.07, 6.45) is 4.18. The number of rotatable bonds is 3. The van der Waals surface area contributed by atoms with Gasteiger partial charge in [0.25, 0.3) is 0 Å². The molecule has 2 aliphatic carbocycles. The van der Waals surface area contributed by atoms with Crippen LogP contribution in [0.3, 0.4) is 0 Å². The summed E-state index contributed by atoms with van der Waals surface area (Å²) < 4.78 is 0. The highest BCUT2D eigenvalue weighted by atomic mass is 16.4. The van der Waals surface area contributed by atoms with Gasteiger partial charge in [-0.25, -0.2) is 0 Å². The van der Waals surface area contributed by atoms with Gasteiger partial charge in [0.05, 0.1) is 5.41 Å². The van der Waals surface area contributed by atoms with Crippen LogP contribution in [0, 0.1) is 0 Å². The van der Waals surface area contributed by atoms with E-state index in [9.17, 15) is 4.79 Å². The Kier molecular flexibility index (Phi) is 1.70. The zero-order valence-electron chi connectivity index (χ0n) is 8.57. The first kappa shape index (κ1) is 8.96. The minimum atomic E-state index is -0.665. The number of aliphatic carboxylic acids is 1. The smallest absolute Gasteiger partial charge is 0.314 e. The summed E-state index contributed by atoms with van der Waals surface area (Å²) in [5, 5.41) is 9.15. The summed E-state index contributed by atoms with van der Waals surface area (Å²) in [6, 6.07) is 8.23. The van der Waals surface area contributed by atoms with E-state index in [1.165, 1.54) is 18.4 Å². The van der Waals surface area contributed by atoms with E-state index >= 15 is 0 Å². The monoisotopic (exact) mass is 202 g/mol. The van der Waals surface area contributed by atoms with Gasteiger partial charge in [0.15, 0.2) is 0 Å². The molecule has 0 aromatic heterocycles. The van der Waals surface area contributed by atoms with Crippen molar-refractivity contribution in [2.24, 2.45) is 0 Å².